The molecule has 34 heavy (non-hydrogen) atoms. The van der Waals surface area contributed by atoms with E-state index in [9.17, 15) is 18.0 Å². The number of nitrogens with one attached hydrogen (secondary N) is 1. The minimum absolute atomic E-state index is 0.0503. The highest BCUT2D eigenvalue weighted by Gasteiger charge is 2.27. The van der Waals surface area contributed by atoms with Gasteiger partial charge in [0.25, 0.3) is 10.0 Å². The van der Waals surface area contributed by atoms with Crippen LogP contribution in [0.15, 0.2) is 47.4 Å². The van der Waals surface area contributed by atoms with E-state index in [0.29, 0.717) is 18.7 Å². The molecule has 0 atom stereocenters. The zero-order valence-corrected chi connectivity index (χ0v) is 20.6. The highest BCUT2D eigenvalue weighted by Crippen LogP contribution is 2.31. The number of nitrogens with zero attached hydrogens (tertiary/aromatic N) is 2. The summed E-state index contributed by atoms with van der Waals surface area (Å²) >= 11 is 0. The molecule has 2 aliphatic heterocycles. The number of carbonyl (C=O) groups is 2. The number of fused-ring (bicyclic) bond motifs is 1. The Morgan fingerprint density at radius 1 is 0.912 bits per heavy atom. The summed E-state index contributed by atoms with van der Waals surface area (Å²) in [6.45, 7) is 4.09. The van der Waals surface area contributed by atoms with Crippen molar-refractivity contribution < 1.29 is 18.0 Å². The first-order valence-corrected chi connectivity index (χ1v) is 13.7. The van der Waals surface area contributed by atoms with Gasteiger partial charge in [0.15, 0.2) is 0 Å². The van der Waals surface area contributed by atoms with E-state index in [2.05, 4.69) is 4.72 Å². The summed E-state index contributed by atoms with van der Waals surface area (Å²) in [7, 11) is -3.74. The van der Waals surface area contributed by atoms with E-state index in [1.165, 1.54) is 0 Å². The lowest BCUT2D eigenvalue weighted by molar-refractivity contribution is -0.133. The molecule has 1 N–H and O–H groups in total. The van der Waals surface area contributed by atoms with Crippen LogP contribution in [-0.4, -0.2) is 44.8 Å². The maximum absolute atomic E-state index is 12.9. The smallest absolute Gasteiger partial charge is 0.261 e. The van der Waals surface area contributed by atoms with Crippen LogP contribution in [0.4, 0.5) is 11.4 Å². The van der Waals surface area contributed by atoms with Gasteiger partial charge >= 0.3 is 0 Å². The highest BCUT2D eigenvalue weighted by molar-refractivity contribution is 7.92. The van der Waals surface area contributed by atoms with Crippen LogP contribution in [0.3, 0.4) is 0 Å². The van der Waals surface area contributed by atoms with Crippen LogP contribution >= 0.6 is 0 Å². The number of aryl methyl sites for hydroxylation is 1. The van der Waals surface area contributed by atoms with Gasteiger partial charge in [0.2, 0.25) is 11.8 Å². The maximum Gasteiger partial charge on any atom is 0.261 e. The molecule has 2 heterocycles. The number of benzene rings is 2. The number of rotatable bonds is 7. The van der Waals surface area contributed by atoms with Crippen LogP contribution in [0, 0.1) is 0 Å². The van der Waals surface area contributed by atoms with Crippen molar-refractivity contribution in [2.45, 2.75) is 63.2 Å². The van der Waals surface area contributed by atoms with Gasteiger partial charge in [-0.05, 0) is 67.1 Å². The third-order valence-corrected chi connectivity index (χ3v) is 8.04. The first kappa shape index (κ1) is 24.3. The zero-order valence-electron chi connectivity index (χ0n) is 19.8. The monoisotopic (exact) mass is 483 g/mol. The van der Waals surface area contributed by atoms with Gasteiger partial charge in [-0.2, -0.15) is 0 Å². The second-order valence-corrected chi connectivity index (χ2v) is 10.7. The number of carbonyl (C=O) groups excluding carboxylic acids is 2. The normalized spacial score (nSPS) is 16.1. The highest BCUT2D eigenvalue weighted by atomic mass is 32.2. The van der Waals surface area contributed by atoms with Gasteiger partial charge < -0.3 is 9.80 Å². The molecule has 2 amide bonds. The van der Waals surface area contributed by atoms with Crippen LogP contribution in [0.2, 0.25) is 0 Å². The Labute approximate surface area is 202 Å². The number of likely N-dealkylation sites (tertiary alicyclic amines) is 1. The van der Waals surface area contributed by atoms with Crippen LogP contribution < -0.4 is 9.62 Å². The summed E-state index contributed by atoms with van der Waals surface area (Å²) in [5.41, 5.74) is 3.15. The van der Waals surface area contributed by atoms with E-state index < -0.39 is 10.0 Å². The third kappa shape index (κ3) is 5.60. The quantitative estimate of drug-likeness (QED) is 0.642. The number of hydrogen-bond acceptors (Lipinski definition) is 4. The van der Waals surface area contributed by atoms with Crippen LogP contribution in [0.1, 0.15) is 56.6 Å². The van der Waals surface area contributed by atoms with Crippen molar-refractivity contribution in [3.8, 4) is 0 Å². The van der Waals surface area contributed by atoms with Crippen LogP contribution in [0.25, 0.3) is 0 Å². The molecule has 0 aromatic heterocycles. The Balaban J connectivity index is 1.40. The fourth-order valence-corrected chi connectivity index (χ4v) is 5.80. The van der Waals surface area contributed by atoms with E-state index in [4.69, 9.17) is 0 Å². The van der Waals surface area contributed by atoms with Gasteiger partial charge in [0.1, 0.15) is 0 Å². The Bertz CT molecular complexity index is 1150. The predicted molar refractivity (Wildman–Crippen MR) is 133 cm³/mol. The summed E-state index contributed by atoms with van der Waals surface area (Å²) in [5.74, 6) is -0.0404. The van der Waals surface area contributed by atoms with E-state index >= 15 is 0 Å². The van der Waals surface area contributed by atoms with Crippen LogP contribution in [0.5, 0.6) is 0 Å². The Morgan fingerprint density at radius 2 is 1.65 bits per heavy atom. The largest absolute Gasteiger partial charge is 0.343 e. The first-order valence-electron chi connectivity index (χ1n) is 12.2. The van der Waals surface area contributed by atoms with Gasteiger partial charge in [-0.15, -0.1) is 0 Å². The lowest BCUT2D eigenvalue weighted by Gasteiger charge is -2.21. The van der Waals surface area contributed by atoms with Gasteiger partial charge in [-0.25, -0.2) is 8.42 Å². The number of anilines is 2. The summed E-state index contributed by atoms with van der Waals surface area (Å²) in [6.07, 6.45) is 6.18. The third-order valence-electron chi connectivity index (χ3n) is 6.66. The molecule has 2 aromatic rings. The van der Waals surface area contributed by atoms with Crippen molar-refractivity contribution in [1.82, 2.24) is 4.90 Å². The number of hydrogen-bond donors (Lipinski definition) is 1. The fraction of sp³-hybridized carbons (Fsp3) is 0.462. The second-order valence-electron chi connectivity index (χ2n) is 9.04. The molecular formula is C26H33N3O4S. The zero-order chi connectivity index (χ0) is 24.1. The van der Waals surface area contributed by atoms with Crippen molar-refractivity contribution in [2.24, 2.45) is 0 Å². The van der Waals surface area contributed by atoms with Crippen LogP contribution in [-0.2, 0) is 32.5 Å². The molecule has 0 aliphatic carbocycles. The number of amides is 2. The van der Waals surface area contributed by atoms with Crippen molar-refractivity contribution in [3.63, 3.8) is 0 Å². The summed E-state index contributed by atoms with van der Waals surface area (Å²) in [5, 5.41) is 0. The molecule has 0 saturated carbocycles. The lowest BCUT2D eigenvalue weighted by Crippen LogP contribution is -2.34. The Kier molecular flexibility index (Phi) is 7.56. The average molecular weight is 484 g/mol. The Hall–Kier alpha value is -2.87. The Morgan fingerprint density at radius 3 is 2.38 bits per heavy atom. The first-order chi connectivity index (χ1) is 16.4. The van der Waals surface area contributed by atoms with E-state index in [1.54, 1.807) is 29.2 Å². The molecule has 0 spiro atoms. The van der Waals surface area contributed by atoms with Crippen molar-refractivity contribution in [3.05, 3.63) is 53.6 Å². The van der Waals surface area contributed by atoms with Gasteiger partial charge in [0, 0.05) is 43.9 Å². The fourth-order valence-electron chi connectivity index (χ4n) is 4.70. The molecular weight excluding hydrogens is 450 g/mol. The summed E-state index contributed by atoms with van der Waals surface area (Å²) in [6, 6.07) is 12.3. The minimum atomic E-state index is -3.74. The van der Waals surface area contributed by atoms with E-state index in [-0.39, 0.29) is 29.6 Å². The molecule has 182 valence electrons. The summed E-state index contributed by atoms with van der Waals surface area (Å²) < 4.78 is 28.5. The second kappa shape index (κ2) is 10.6. The molecule has 8 heteroatoms. The molecule has 1 saturated heterocycles. The van der Waals surface area contributed by atoms with E-state index in [1.807, 2.05) is 30.0 Å². The van der Waals surface area contributed by atoms with E-state index in [0.717, 1.165) is 62.0 Å². The number of sulfonamides is 1. The molecule has 1 fully saturated rings. The molecule has 2 aromatic carbocycles. The van der Waals surface area contributed by atoms with Crippen molar-refractivity contribution in [2.75, 3.05) is 29.3 Å². The molecule has 0 unspecified atom stereocenters. The summed E-state index contributed by atoms with van der Waals surface area (Å²) in [4.78, 5) is 29.2. The topological polar surface area (TPSA) is 86.8 Å². The van der Waals surface area contributed by atoms with Gasteiger partial charge in [-0.3, -0.25) is 14.3 Å². The lowest BCUT2D eigenvalue weighted by atomic mass is 10.1. The molecule has 0 bridgehead atoms. The van der Waals surface area contributed by atoms with Crippen molar-refractivity contribution >= 4 is 33.2 Å². The van der Waals surface area contributed by atoms with Gasteiger partial charge in [-0.1, -0.05) is 31.9 Å². The average Bonchev–Trinajstić information content (AvgIpc) is 3.06. The molecule has 4 rings (SSSR count). The SMILES string of the molecule is CCc1cccc(NS(=O)(=O)c2ccc3c(c2)CCN3C(=O)CCC(=O)N2CCCCCC2)c1. The van der Waals surface area contributed by atoms with Gasteiger partial charge in [0.05, 0.1) is 4.90 Å². The molecule has 7 nitrogen and oxygen atoms in total. The minimum Gasteiger partial charge on any atom is -0.343 e. The molecule has 0 radical (unpaired) electrons. The standard InChI is InChI=1S/C26H33N3O4S/c1-2-20-8-7-9-22(18-20)27-34(32,33)23-10-11-24-21(19-23)14-17-29(24)26(31)13-12-25(30)28-15-5-3-4-6-16-28/h7-11,18-19,27H,2-6,12-17H2,1H3. The van der Waals surface area contributed by atoms with Crippen molar-refractivity contribution in [1.29, 1.82) is 0 Å². The maximum atomic E-state index is 12.9. The molecule has 2 aliphatic rings. The predicted octanol–water partition coefficient (Wildman–Crippen LogP) is 4.12.